The average Bonchev–Trinajstić information content (AvgIpc) is 2.99. The fourth-order valence-electron chi connectivity index (χ4n) is 2.24. The van der Waals surface area contributed by atoms with E-state index in [0.29, 0.717) is 12.4 Å². The Hall–Kier alpha value is -1.89. The number of nitrogens with zero attached hydrogens (tertiary/aromatic N) is 4. The van der Waals surface area contributed by atoms with Gasteiger partial charge in [0, 0.05) is 6.54 Å². The maximum Gasteiger partial charge on any atom is 0.181 e. The first-order valence-electron chi connectivity index (χ1n) is 6.83. The Bertz CT molecular complexity index is 765. The highest BCUT2D eigenvalue weighted by molar-refractivity contribution is 9.10. The second-order valence-electron chi connectivity index (χ2n) is 5.22. The normalized spacial score (nSPS) is 14.7. The van der Waals surface area contributed by atoms with Crippen LogP contribution >= 0.6 is 15.9 Å². The van der Waals surface area contributed by atoms with Crippen LogP contribution in [0.1, 0.15) is 18.6 Å². The fraction of sp³-hybridized carbons (Fsp3) is 0.357. The monoisotopic (exact) mass is 348 g/mol. The molecule has 4 rings (SSSR count). The maximum absolute atomic E-state index is 5.73. The second kappa shape index (κ2) is 5.14. The van der Waals surface area contributed by atoms with Gasteiger partial charge in [-0.25, -0.2) is 9.67 Å². The Balaban J connectivity index is 1.60. The van der Waals surface area contributed by atoms with E-state index in [9.17, 15) is 0 Å². The number of fused-ring (bicyclic) bond motifs is 1. The molecule has 1 aliphatic rings. The largest absolute Gasteiger partial charge is 0.484 e. The summed E-state index contributed by atoms with van der Waals surface area (Å²) in [5.41, 5.74) is 1.85. The minimum Gasteiger partial charge on any atom is -0.484 e. The molecule has 7 heteroatoms. The molecular formula is C14H13BrN4O2. The first-order chi connectivity index (χ1) is 10.3. The summed E-state index contributed by atoms with van der Waals surface area (Å²) in [6.45, 7) is 1.28. The van der Waals surface area contributed by atoms with Gasteiger partial charge in [0.05, 0.1) is 16.2 Å². The van der Waals surface area contributed by atoms with Crippen LogP contribution in [0.25, 0.3) is 11.0 Å². The van der Waals surface area contributed by atoms with Gasteiger partial charge in [0.25, 0.3) is 0 Å². The third-order valence-electron chi connectivity index (χ3n) is 3.57. The van der Waals surface area contributed by atoms with Crippen molar-refractivity contribution in [1.29, 1.82) is 0 Å². The lowest BCUT2D eigenvalue weighted by molar-refractivity contribution is 0.269. The second-order valence-corrected chi connectivity index (χ2v) is 6.01. The number of ether oxygens (including phenoxy) is 1. The molecule has 0 spiro atoms. The smallest absolute Gasteiger partial charge is 0.181 e. The van der Waals surface area contributed by atoms with Crippen molar-refractivity contribution >= 4 is 27.0 Å². The summed E-state index contributed by atoms with van der Waals surface area (Å²) in [6.07, 6.45) is 5.61. The maximum atomic E-state index is 5.73. The van der Waals surface area contributed by atoms with E-state index in [0.717, 1.165) is 33.7 Å². The molecular weight excluding hydrogens is 336 g/mol. The lowest BCUT2D eigenvalue weighted by Crippen LogP contribution is -2.01. The summed E-state index contributed by atoms with van der Waals surface area (Å²) in [6, 6.07) is 3.92. The van der Waals surface area contributed by atoms with Crippen molar-refractivity contribution < 1.29 is 9.15 Å². The van der Waals surface area contributed by atoms with Crippen LogP contribution in [0.4, 0.5) is 0 Å². The molecule has 0 atom stereocenters. The van der Waals surface area contributed by atoms with Crippen LogP contribution in [0.3, 0.4) is 0 Å². The van der Waals surface area contributed by atoms with Gasteiger partial charge >= 0.3 is 0 Å². The molecule has 1 aliphatic carbocycles. The molecule has 1 saturated carbocycles. The molecule has 108 valence electrons. The Labute approximate surface area is 129 Å². The molecule has 0 N–H and O–H groups in total. The molecule has 2 aromatic heterocycles. The van der Waals surface area contributed by atoms with Gasteiger partial charge in [-0.15, -0.1) is 5.10 Å². The molecule has 1 fully saturated rings. The zero-order valence-corrected chi connectivity index (χ0v) is 12.8. The van der Waals surface area contributed by atoms with Crippen molar-refractivity contribution in [3.63, 3.8) is 0 Å². The van der Waals surface area contributed by atoms with Crippen molar-refractivity contribution in [2.45, 2.75) is 26.0 Å². The summed E-state index contributed by atoms with van der Waals surface area (Å²) in [5, 5.41) is 8.50. The first kappa shape index (κ1) is 12.8. The van der Waals surface area contributed by atoms with Crippen LogP contribution in [-0.4, -0.2) is 20.0 Å². The Morgan fingerprint density at radius 1 is 1.38 bits per heavy atom. The molecule has 0 saturated heterocycles. The standard InChI is InChI=1S/C14H13BrN4O2/c15-13-12(20-7-10-5-16-8-21-10)4-3-11-14(13)17-18-19(11)6-9-1-2-9/h3-5,8-9H,1-2,6-7H2. The lowest BCUT2D eigenvalue weighted by Gasteiger charge is -2.07. The van der Waals surface area contributed by atoms with Gasteiger partial charge in [0.1, 0.15) is 17.9 Å². The number of oxazole rings is 1. The Kier molecular flexibility index (Phi) is 3.14. The number of rotatable bonds is 5. The Morgan fingerprint density at radius 2 is 2.29 bits per heavy atom. The van der Waals surface area contributed by atoms with Crippen LogP contribution in [0, 0.1) is 5.92 Å². The molecule has 0 aliphatic heterocycles. The van der Waals surface area contributed by atoms with E-state index in [-0.39, 0.29) is 0 Å². The lowest BCUT2D eigenvalue weighted by atomic mass is 10.3. The molecule has 0 bridgehead atoms. The van der Waals surface area contributed by atoms with E-state index >= 15 is 0 Å². The van der Waals surface area contributed by atoms with Crippen molar-refractivity contribution in [2.24, 2.45) is 5.92 Å². The number of hydrogen-bond acceptors (Lipinski definition) is 5. The van der Waals surface area contributed by atoms with E-state index in [4.69, 9.17) is 9.15 Å². The van der Waals surface area contributed by atoms with Crippen LogP contribution in [0.15, 0.2) is 33.6 Å². The van der Waals surface area contributed by atoms with E-state index in [2.05, 4.69) is 31.2 Å². The summed E-state index contributed by atoms with van der Waals surface area (Å²) >= 11 is 3.55. The van der Waals surface area contributed by atoms with Gasteiger partial charge in [0.2, 0.25) is 0 Å². The van der Waals surface area contributed by atoms with Crippen LogP contribution < -0.4 is 4.74 Å². The van der Waals surface area contributed by atoms with Crippen molar-refractivity contribution in [1.82, 2.24) is 20.0 Å². The van der Waals surface area contributed by atoms with Crippen LogP contribution in [-0.2, 0) is 13.2 Å². The van der Waals surface area contributed by atoms with Gasteiger partial charge in [-0.2, -0.15) is 0 Å². The van der Waals surface area contributed by atoms with E-state index < -0.39 is 0 Å². The van der Waals surface area contributed by atoms with E-state index in [1.54, 1.807) is 6.20 Å². The highest BCUT2D eigenvalue weighted by Crippen LogP contribution is 2.35. The van der Waals surface area contributed by atoms with Gasteiger partial charge in [-0.3, -0.25) is 0 Å². The highest BCUT2D eigenvalue weighted by Gasteiger charge is 2.23. The highest BCUT2D eigenvalue weighted by atomic mass is 79.9. The van der Waals surface area contributed by atoms with Crippen molar-refractivity contribution in [3.8, 4) is 5.75 Å². The number of halogens is 1. The molecule has 2 heterocycles. The summed E-state index contributed by atoms with van der Waals surface area (Å²) in [4.78, 5) is 3.86. The third kappa shape index (κ3) is 2.53. The zero-order chi connectivity index (χ0) is 14.2. The van der Waals surface area contributed by atoms with Gasteiger partial charge in [-0.1, -0.05) is 5.21 Å². The topological polar surface area (TPSA) is 66.0 Å². The molecule has 0 amide bonds. The van der Waals surface area contributed by atoms with Crippen LogP contribution in [0.2, 0.25) is 0 Å². The third-order valence-corrected chi connectivity index (χ3v) is 4.34. The summed E-state index contributed by atoms with van der Waals surface area (Å²) < 4.78 is 13.7. The first-order valence-corrected chi connectivity index (χ1v) is 7.62. The predicted octanol–water partition coefficient (Wildman–Crippen LogP) is 3.17. The van der Waals surface area contributed by atoms with Crippen molar-refractivity contribution in [3.05, 3.63) is 35.0 Å². The van der Waals surface area contributed by atoms with E-state index in [1.807, 2.05) is 16.8 Å². The van der Waals surface area contributed by atoms with Crippen molar-refractivity contribution in [2.75, 3.05) is 0 Å². The van der Waals surface area contributed by atoms with E-state index in [1.165, 1.54) is 19.2 Å². The summed E-state index contributed by atoms with van der Waals surface area (Å²) in [5.74, 6) is 2.16. The van der Waals surface area contributed by atoms with Gasteiger partial charge in [-0.05, 0) is 46.8 Å². The minimum atomic E-state index is 0.334. The number of benzene rings is 1. The molecule has 1 aromatic carbocycles. The molecule has 0 unspecified atom stereocenters. The molecule has 6 nitrogen and oxygen atoms in total. The quantitative estimate of drug-likeness (QED) is 0.708. The number of hydrogen-bond donors (Lipinski definition) is 0. The average molecular weight is 349 g/mol. The predicted molar refractivity (Wildman–Crippen MR) is 78.8 cm³/mol. The zero-order valence-electron chi connectivity index (χ0n) is 11.2. The summed E-state index contributed by atoms with van der Waals surface area (Å²) in [7, 11) is 0. The minimum absolute atomic E-state index is 0.334. The Morgan fingerprint density at radius 3 is 3.05 bits per heavy atom. The number of aromatic nitrogens is 4. The van der Waals surface area contributed by atoms with Gasteiger partial charge in [0.15, 0.2) is 12.2 Å². The van der Waals surface area contributed by atoms with Crippen LogP contribution in [0.5, 0.6) is 5.75 Å². The fourth-order valence-corrected chi connectivity index (χ4v) is 2.77. The van der Waals surface area contributed by atoms with Gasteiger partial charge < -0.3 is 9.15 Å². The molecule has 0 radical (unpaired) electrons. The molecule has 21 heavy (non-hydrogen) atoms. The SMILES string of the molecule is Brc1c(OCc2cnco2)ccc2c1nnn2CC1CC1. The molecule has 3 aromatic rings.